The second kappa shape index (κ2) is 12.1. The van der Waals surface area contributed by atoms with E-state index < -0.39 is 13.5 Å². The Morgan fingerprint density at radius 2 is 0.885 bits per heavy atom. The normalized spacial score (nSPS) is 13.3. The molecular formula is C49H34O2Si. The first kappa shape index (κ1) is 30.4. The fraction of sp³-hybridized carbons (Fsp3) is 0.0204. The molecule has 1 aliphatic rings. The van der Waals surface area contributed by atoms with Crippen LogP contribution in [0.4, 0.5) is 0 Å². The predicted octanol–water partition coefficient (Wildman–Crippen LogP) is 9.45. The zero-order valence-electron chi connectivity index (χ0n) is 28.4. The zero-order chi connectivity index (χ0) is 34.5. The average Bonchev–Trinajstić information content (AvgIpc) is 3.61. The van der Waals surface area contributed by atoms with Crippen LogP contribution in [0.25, 0.3) is 21.9 Å². The summed E-state index contributed by atoms with van der Waals surface area (Å²) in [5.41, 5.74) is 5.86. The fourth-order valence-electron chi connectivity index (χ4n) is 8.84. The van der Waals surface area contributed by atoms with Crippen LogP contribution >= 0.6 is 0 Å². The van der Waals surface area contributed by atoms with Gasteiger partial charge in [0.15, 0.2) is 8.07 Å². The molecule has 2 heterocycles. The number of rotatable bonds is 6. The van der Waals surface area contributed by atoms with E-state index in [0.29, 0.717) is 0 Å². The first-order chi connectivity index (χ1) is 25.8. The van der Waals surface area contributed by atoms with Crippen molar-refractivity contribution in [2.45, 2.75) is 5.41 Å². The van der Waals surface area contributed by atoms with E-state index >= 15 is 0 Å². The molecular weight excluding hydrogens is 649 g/mol. The van der Waals surface area contributed by atoms with Crippen LogP contribution < -0.4 is 25.5 Å². The standard InChI is InChI=1S/C49H34O2Si/c1-4-18-35(19-5-1)49(42-28-11-14-31-45(42)50-46-32-15-12-29-43(46)49)36-20-16-25-39(34-36)52(37-21-6-2-7-22-37,38-23-8-3-9-24-38)47-33-17-27-41-40-26-10-13-30-44(40)51-48(41)47/h1-34H. The van der Waals surface area contributed by atoms with Crippen LogP contribution in [0, 0.1) is 0 Å². The minimum atomic E-state index is -3.06. The second-order valence-corrected chi connectivity index (χ2v) is 17.3. The number of hydrogen-bond donors (Lipinski definition) is 0. The van der Waals surface area contributed by atoms with Gasteiger partial charge in [0, 0.05) is 21.9 Å². The number of benzene rings is 8. The maximum absolute atomic E-state index is 6.90. The molecule has 8 aromatic carbocycles. The van der Waals surface area contributed by atoms with E-state index in [1.165, 1.54) is 31.9 Å². The monoisotopic (exact) mass is 682 g/mol. The van der Waals surface area contributed by atoms with Gasteiger partial charge in [0.25, 0.3) is 0 Å². The summed E-state index contributed by atoms with van der Waals surface area (Å²) in [5, 5.41) is 7.39. The molecule has 1 aliphatic heterocycles. The maximum Gasteiger partial charge on any atom is 0.184 e. The molecule has 0 spiro atoms. The summed E-state index contributed by atoms with van der Waals surface area (Å²) < 4.78 is 13.6. The second-order valence-electron chi connectivity index (χ2n) is 13.6. The Bertz CT molecular complexity index is 2630. The molecule has 9 aromatic rings. The van der Waals surface area contributed by atoms with Gasteiger partial charge >= 0.3 is 0 Å². The lowest BCUT2D eigenvalue weighted by Crippen LogP contribution is -2.75. The van der Waals surface area contributed by atoms with E-state index in [2.05, 4.69) is 206 Å². The van der Waals surface area contributed by atoms with Crippen molar-refractivity contribution in [2.24, 2.45) is 0 Å². The minimum Gasteiger partial charge on any atom is -0.457 e. The van der Waals surface area contributed by atoms with Gasteiger partial charge in [-0.05, 0) is 50.1 Å². The van der Waals surface area contributed by atoms with E-state index in [1.807, 2.05) is 0 Å². The Kier molecular flexibility index (Phi) is 7.09. The number of hydrogen-bond acceptors (Lipinski definition) is 2. The summed E-state index contributed by atoms with van der Waals surface area (Å²) in [6, 6.07) is 74.8. The molecule has 0 fully saturated rings. The summed E-state index contributed by atoms with van der Waals surface area (Å²) in [6.07, 6.45) is 0. The molecule has 1 aromatic heterocycles. The Labute approximate surface area is 304 Å². The molecule has 0 radical (unpaired) electrons. The van der Waals surface area contributed by atoms with E-state index in [-0.39, 0.29) is 0 Å². The van der Waals surface area contributed by atoms with Crippen molar-refractivity contribution < 1.29 is 9.15 Å². The van der Waals surface area contributed by atoms with Crippen molar-refractivity contribution in [3.8, 4) is 11.5 Å². The Morgan fingerprint density at radius 3 is 1.56 bits per heavy atom. The SMILES string of the molecule is c1ccc(C2(c3cccc([Si](c4ccccc4)(c4ccccc4)c4cccc5c4oc4ccccc45)c3)c3ccccc3Oc3ccccc32)cc1. The molecule has 3 heteroatoms. The molecule has 0 bridgehead atoms. The van der Waals surface area contributed by atoms with Crippen LogP contribution in [0.2, 0.25) is 0 Å². The lowest BCUT2D eigenvalue weighted by atomic mass is 9.64. The van der Waals surface area contributed by atoms with Gasteiger partial charge in [-0.15, -0.1) is 0 Å². The molecule has 0 saturated heterocycles. The van der Waals surface area contributed by atoms with E-state index in [9.17, 15) is 0 Å². The highest BCUT2D eigenvalue weighted by Crippen LogP contribution is 2.55. The highest BCUT2D eigenvalue weighted by atomic mass is 28.3. The van der Waals surface area contributed by atoms with Crippen LogP contribution in [0.1, 0.15) is 22.3 Å². The van der Waals surface area contributed by atoms with Crippen LogP contribution in [0.3, 0.4) is 0 Å². The molecule has 0 N–H and O–H groups in total. The molecule has 2 nitrogen and oxygen atoms in total. The quantitative estimate of drug-likeness (QED) is 0.129. The molecule has 0 amide bonds. The first-order valence-electron chi connectivity index (χ1n) is 17.8. The average molecular weight is 683 g/mol. The molecule has 0 aliphatic carbocycles. The highest BCUT2D eigenvalue weighted by molar-refractivity contribution is 7.20. The summed E-state index contributed by atoms with van der Waals surface area (Å²) in [7, 11) is -3.06. The molecule has 246 valence electrons. The third kappa shape index (κ3) is 4.36. The van der Waals surface area contributed by atoms with Crippen LogP contribution in [-0.4, -0.2) is 8.07 Å². The van der Waals surface area contributed by atoms with Crippen LogP contribution in [-0.2, 0) is 5.41 Å². The van der Waals surface area contributed by atoms with Crippen LogP contribution in [0.15, 0.2) is 211 Å². The third-order valence-corrected chi connectivity index (χ3v) is 15.7. The number of para-hydroxylation sites is 4. The number of ether oxygens (including phenoxy) is 1. The van der Waals surface area contributed by atoms with Gasteiger partial charge in [0.1, 0.15) is 22.7 Å². The Balaban J connectivity index is 1.36. The van der Waals surface area contributed by atoms with Crippen molar-refractivity contribution in [3.05, 3.63) is 229 Å². The third-order valence-electron chi connectivity index (χ3n) is 11.0. The fourth-order valence-corrected chi connectivity index (χ4v) is 13.8. The maximum atomic E-state index is 6.90. The van der Waals surface area contributed by atoms with Crippen molar-refractivity contribution in [3.63, 3.8) is 0 Å². The van der Waals surface area contributed by atoms with Gasteiger partial charge in [-0.25, -0.2) is 0 Å². The van der Waals surface area contributed by atoms with E-state index in [1.54, 1.807) is 0 Å². The first-order valence-corrected chi connectivity index (χ1v) is 19.8. The summed E-state index contributed by atoms with van der Waals surface area (Å²) >= 11 is 0. The predicted molar refractivity (Wildman–Crippen MR) is 216 cm³/mol. The van der Waals surface area contributed by atoms with Gasteiger partial charge < -0.3 is 9.15 Å². The molecule has 52 heavy (non-hydrogen) atoms. The lowest BCUT2D eigenvalue weighted by Gasteiger charge is -2.42. The zero-order valence-corrected chi connectivity index (χ0v) is 29.4. The number of fused-ring (bicyclic) bond motifs is 5. The van der Waals surface area contributed by atoms with Crippen molar-refractivity contribution >= 4 is 50.8 Å². The largest absolute Gasteiger partial charge is 0.457 e. The van der Waals surface area contributed by atoms with E-state index in [0.717, 1.165) is 44.6 Å². The highest BCUT2D eigenvalue weighted by Gasteiger charge is 2.48. The van der Waals surface area contributed by atoms with Gasteiger partial charge in [-0.3, -0.25) is 0 Å². The summed E-state index contributed by atoms with van der Waals surface area (Å²) in [6.45, 7) is 0. The van der Waals surface area contributed by atoms with Crippen LogP contribution in [0.5, 0.6) is 11.5 Å². The Hall–Kier alpha value is -6.42. The topological polar surface area (TPSA) is 22.4 Å². The molecule has 10 rings (SSSR count). The summed E-state index contributed by atoms with van der Waals surface area (Å²) in [4.78, 5) is 0. The van der Waals surface area contributed by atoms with E-state index in [4.69, 9.17) is 9.15 Å². The molecule has 0 saturated carbocycles. The van der Waals surface area contributed by atoms with Crippen molar-refractivity contribution in [1.29, 1.82) is 0 Å². The lowest BCUT2D eigenvalue weighted by molar-refractivity contribution is 0.434. The van der Waals surface area contributed by atoms with Gasteiger partial charge in [-0.1, -0.05) is 188 Å². The molecule has 0 unspecified atom stereocenters. The summed E-state index contributed by atoms with van der Waals surface area (Å²) in [5.74, 6) is 1.74. The van der Waals surface area contributed by atoms with Gasteiger partial charge in [-0.2, -0.15) is 0 Å². The Morgan fingerprint density at radius 1 is 0.385 bits per heavy atom. The van der Waals surface area contributed by atoms with Gasteiger partial charge in [0.05, 0.1) is 5.41 Å². The van der Waals surface area contributed by atoms with Crippen molar-refractivity contribution in [2.75, 3.05) is 0 Å². The molecule has 0 atom stereocenters. The number of furan rings is 1. The van der Waals surface area contributed by atoms with Crippen molar-refractivity contribution in [1.82, 2.24) is 0 Å². The smallest absolute Gasteiger partial charge is 0.184 e. The van der Waals surface area contributed by atoms with Gasteiger partial charge in [0.2, 0.25) is 0 Å². The minimum absolute atomic E-state index is 0.637.